The third-order valence-electron chi connectivity index (χ3n) is 4.02. The molecule has 0 fully saturated rings. The monoisotopic (exact) mass is 381 g/mol. The van der Waals surface area contributed by atoms with Crippen LogP contribution in [0.3, 0.4) is 0 Å². The molecule has 0 radical (unpaired) electrons. The van der Waals surface area contributed by atoms with Gasteiger partial charge in [0.2, 0.25) is 5.95 Å². The molecule has 3 rings (SSSR count). The number of amides is 1. The van der Waals surface area contributed by atoms with Crippen molar-refractivity contribution in [1.82, 2.24) is 20.3 Å². The summed E-state index contributed by atoms with van der Waals surface area (Å²) in [5.41, 5.74) is 3.43. The van der Waals surface area contributed by atoms with Gasteiger partial charge < -0.3 is 10.6 Å². The van der Waals surface area contributed by atoms with Gasteiger partial charge >= 0.3 is 0 Å². The highest BCUT2D eigenvalue weighted by Crippen LogP contribution is 2.19. The Balaban J connectivity index is 1.54. The van der Waals surface area contributed by atoms with E-state index in [0.717, 1.165) is 24.2 Å². The van der Waals surface area contributed by atoms with E-state index < -0.39 is 0 Å². The van der Waals surface area contributed by atoms with Crippen LogP contribution in [-0.2, 0) is 6.42 Å². The molecule has 0 aliphatic heterocycles. The second-order valence-corrected chi connectivity index (χ2v) is 7.39. The van der Waals surface area contributed by atoms with Gasteiger partial charge in [0.05, 0.1) is 0 Å². The number of aromatic nitrogens is 3. The van der Waals surface area contributed by atoms with E-state index >= 15 is 0 Å². The number of aryl methyl sites for hydroxylation is 3. The molecule has 1 amide bonds. The average molecular weight is 382 g/mol. The van der Waals surface area contributed by atoms with Gasteiger partial charge in [-0.05, 0) is 45.2 Å². The molecular formula is C20H23N5OS. The predicted molar refractivity (Wildman–Crippen MR) is 109 cm³/mol. The molecule has 0 spiro atoms. The van der Waals surface area contributed by atoms with E-state index in [4.69, 9.17) is 0 Å². The summed E-state index contributed by atoms with van der Waals surface area (Å²) in [5, 5.41) is 8.41. The van der Waals surface area contributed by atoms with Crippen molar-refractivity contribution >= 4 is 28.3 Å². The molecule has 0 bridgehead atoms. The smallest absolute Gasteiger partial charge is 0.271 e. The van der Waals surface area contributed by atoms with Crippen molar-refractivity contribution in [3.05, 3.63) is 64.4 Å². The summed E-state index contributed by atoms with van der Waals surface area (Å²) in [6.07, 6.45) is 1.80. The van der Waals surface area contributed by atoms with Crippen molar-refractivity contribution in [2.45, 2.75) is 39.7 Å². The Labute approximate surface area is 163 Å². The van der Waals surface area contributed by atoms with Gasteiger partial charge in [-0.1, -0.05) is 30.3 Å². The summed E-state index contributed by atoms with van der Waals surface area (Å²) in [5.74, 6) is 0.325. The van der Waals surface area contributed by atoms with E-state index in [2.05, 4.69) is 37.7 Å². The van der Waals surface area contributed by atoms with Crippen LogP contribution in [0.1, 0.15) is 40.8 Å². The minimum absolute atomic E-state index is 0.0681. The van der Waals surface area contributed by atoms with Crippen LogP contribution in [0.5, 0.6) is 0 Å². The molecule has 0 saturated carbocycles. The van der Waals surface area contributed by atoms with Gasteiger partial charge in [0.25, 0.3) is 5.91 Å². The third-order valence-corrected chi connectivity index (χ3v) is 4.78. The molecule has 140 valence electrons. The quantitative estimate of drug-likeness (QED) is 0.645. The van der Waals surface area contributed by atoms with Crippen LogP contribution in [0, 0.1) is 13.8 Å². The first-order chi connectivity index (χ1) is 13.0. The standard InChI is InChI=1S/C20H23N5OS/c1-13(9-10-16-7-5-4-6-8-16)21-18(26)17-12-27-20(24-17)25-19-22-14(2)11-15(3)23-19/h4-8,11-13H,9-10H2,1-3H3,(H,21,26)(H,22,23,24,25). The average Bonchev–Trinajstić information content (AvgIpc) is 3.08. The number of carbonyl (C=O) groups excluding carboxylic acids is 1. The Morgan fingerprint density at radius 3 is 2.52 bits per heavy atom. The Morgan fingerprint density at radius 2 is 1.81 bits per heavy atom. The van der Waals surface area contributed by atoms with E-state index in [-0.39, 0.29) is 11.9 Å². The van der Waals surface area contributed by atoms with Crippen LogP contribution in [0.4, 0.5) is 11.1 Å². The van der Waals surface area contributed by atoms with Crippen LogP contribution in [0.25, 0.3) is 0 Å². The van der Waals surface area contributed by atoms with Gasteiger partial charge in [-0.2, -0.15) is 0 Å². The molecule has 7 heteroatoms. The lowest BCUT2D eigenvalue weighted by atomic mass is 10.1. The molecular weight excluding hydrogens is 358 g/mol. The Hall–Kier alpha value is -2.80. The van der Waals surface area contributed by atoms with Crippen molar-refractivity contribution in [2.75, 3.05) is 5.32 Å². The molecule has 2 heterocycles. The lowest BCUT2D eigenvalue weighted by molar-refractivity contribution is 0.0934. The zero-order valence-electron chi connectivity index (χ0n) is 15.7. The van der Waals surface area contributed by atoms with E-state index in [0.29, 0.717) is 16.8 Å². The molecule has 0 aliphatic rings. The summed E-state index contributed by atoms with van der Waals surface area (Å²) in [7, 11) is 0. The van der Waals surface area contributed by atoms with Crippen LogP contribution in [-0.4, -0.2) is 26.9 Å². The zero-order valence-corrected chi connectivity index (χ0v) is 16.5. The number of nitrogens with zero attached hydrogens (tertiary/aromatic N) is 3. The number of anilines is 2. The molecule has 0 saturated heterocycles. The molecule has 1 aromatic carbocycles. The SMILES string of the molecule is Cc1cc(C)nc(Nc2nc(C(=O)NC(C)CCc3ccccc3)cs2)n1. The Bertz CT molecular complexity index is 889. The summed E-state index contributed by atoms with van der Waals surface area (Å²) < 4.78 is 0. The minimum atomic E-state index is -0.166. The van der Waals surface area contributed by atoms with Gasteiger partial charge in [-0.15, -0.1) is 11.3 Å². The van der Waals surface area contributed by atoms with E-state index in [1.807, 2.05) is 45.0 Å². The summed E-state index contributed by atoms with van der Waals surface area (Å²) in [6.45, 7) is 5.84. The molecule has 0 aliphatic carbocycles. The summed E-state index contributed by atoms with van der Waals surface area (Å²) in [4.78, 5) is 25.4. The molecule has 1 atom stereocenters. The fourth-order valence-corrected chi connectivity index (χ4v) is 3.39. The predicted octanol–water partition coefficient (Wildman–Crippen LogP) is 4.04. The first-order valence-electron chi connectivity index (χ1n) is 8.89. The first-order valence-corrected chi connectivity index (χ1v) is 9.77. The maximum absolute atomic E-state index is 12.4. The van der Waals surface area contributed by atoms with Gasteiger partial charge in [0.1, 0.15) is 5.69 Å². The van der Waals surface area contributed by atoms with Crippen molar-refractivity contribution in [3.8, 4) is 0 Å². The number of benzene rings is 1. The third kappa shape index (κ3) is 5.59. The molecule has 3 aromatic rings. The highest BCUT2D eigenvalue weighted by molar-refractivity contribution is 7.14. The molecule has 2 N–H and O–H groups in total. The number of rotatable bonds is 7. The normalized spacial score (nSPS) is 11.8. The number of hydrogen-bond donors (Lipinski definition) is 2. The van der Waals surface area contributed by atoms with Crippen LogP contribution in [0.2, 0.25) is 0 Å². The fourth-order valence-electron chi connectivity index (χ4n) is 2.71. The number of thiazole rings is 1. The van der Waals surface area contributed by atoms with Crippen LogP contribution < -0.4 is 10.6 Å². The van der Waals surface area contributed by atoms with Crippen molar-refractivity contribution in [1.29, 1.82) is 0 Å². The molecule has 1 unspecified atom stereocenters. The number of carbonyl (C=O) groups is 1. The minimum Gasteiger partial charge on any atom is -0.348 e. The Kier molecular flexibility index (Phi) is 6.13. The number of hydrogen-bond acceptors (Lipinski definition) is 6. The Morgan fingerprint density at radius 1 is 1.11 bits per heavy atom. The highest BCUT2D eigenvalue weighted by Gasteiger charge is 2.14. The van der Waals surface area contributed by atoms with Crippen LogP contribution in [0.15, 0.2) is 41.8 Å². The van der Waals surface area contributed by atoms with E-state index in [1.54, 1.807) is 5.38 Å². The largest absolute Gasteiger partial charge is 0.348 e. The summed E-state index contributed by atoms with van der Waals surface area (Å²) >= 11 is 1.36. The highest BCUT2D eigenvalue weighted by atomic mass is 32.1. The van der Waals surface area contributed by atoms with Gasteiger partial charge in [0.15, 0.2) is 5.13 Å². The molecule has 6 nitrogen and oxygen atoms in total. The van der Waals surface area contributed by atoms with Gasteiger partial charge in [0, 0.05) is 22.8 Å². The number of nitrogens with one attached hydrogen (secondary N) is 2. The second-order valence-electron chi connectivity index (χ2n) is 6.54. The van der Waals surface area contributed by atoms with Gasteiger partial charge in [-0.25, -0.2) is 15.0 Å². The van der Waals surface area contributed by atoms with Crippen molar-refractivity contribution < 1.29 is 4.79 Å². The topological polar surface area (TPSA) is 79.8 Å². The van der Waals surface area contributed by atoms with Crippen LogP contribution >= 0.6 is 11.3 Å². The fraction of sp³-hybridized carbons (Fsp3) is 0.300. The molecule has 2 aromatic heterocycles. The summed E-state index contributed by atoms with van der Waals surface area (Å²) in [6, 6.07) is 12.2. The van der Waals surface area contributed by atoms with Crippen molar-refractivity contribution in [3.63, 3.8) is 0 Å². The lowest BCUT2D eigenvalue weighted by Gasteiger charge is -2.12. The first kappa shape index (κ1) is 19.0. The molecule has 27 heavy (non-hydrogen) atoms. The van der Waals surface area contributed by atoms with Crippen molar-refractivity contribution in [2.24, 2.45) is 0 Å². The maximum atomic E-state index is 12.4. The maximum Gasteiger partial charge on any atom is 0.271 e. The lowest BCUT2D eigenvalue weighted by Crippen LogP contribution is -2.33. The van der Waals surface area contributed by atoms with Gasteiger partial charge in [-0.3, -0.25) is 4.79 Å². The zero-order chi connectivity index (χ0) is 19.2. The second kappa shape index (κ2) is 8.73. The van der Waals surface area contributed by atoms with E-state index in [9.17, 15) is 4.79 Å². The van der Waals surface area contributed by atoms with E-state index in [1.165, 1.54) is 16.9 Å².